The highest BCUT2D eigenvalue weighted by Crippen LogP contribution is 2.23. The number of aromatic nitrogens is 2. The molecule has 1 amide bonds. The van der Waals surface area contributed by atoms with Crippen molar-refractivity contribution >= 4 is 26.8 Å². The first-order valence-corrected chi connectivity index (χ1v) is 10.8. The van der Waals surface area contributed by atoms with Gasteiger partial charge in [-0.25, -0.2) is 8.42 Å². The van der Waals surface area contributed by atoms with Crippen LogP contribution < -0.4 is 0 Å². The zero-order valence-electron chi connectivity index (χ0n) is 15.4. The van der Waals surface area contributed by atoms with Gasteiger partial charge >= 0.3 is 0 Å². The topological polar surface area (TPSA) is 83.5 Å². The molecule has 0 unspecified atom stereocenters. The normalized spacial score (nSPS) is 15.0. The first-order valence-electron chi connectivity index (χ1n) is 8.91. The SMILES string of the molecule is CS(=O)(=O)N(Cc1ccncc1)C1CN(C(=O)c2ccc3ncccc3c2)C1. The van der Waals surface area contributed by atoms with E-state index < -0.39 is 10.0 Å². The molecule has 144 valence electrons. The molecule has 0 spiro atoms. The summed E-state index contributed by atoms with van der Waals surface area (Å²) in [6, 6.07) is 12.5. The van der Waals surface area contributed by atoms with Crippen molar-refractivity contribution in [1.82, 2.24) is 19.2 Å². The van der Waals surface area contributed by atoms with Crippen molar-refractivity contribution < 1.29 is 13.2 Å². The van der Waals surface area contributed by atoms with E-state index in [1.165, 1.54) is 10.6 Å². The van der Waals surface area contributed by atoms with Crippen LogP contribution >= 0.6 is 0 Å². The second kappa shape index (κ2) is 7.29. The maximum atomic E-state index is 12.8. The summed E-state index contributed by atoms with van der Waals surface area (Å²) in [4.78, 5) is 22.7. The minimum Gasteiger partial charge on any atom is -0.335 e. The van der Waals surface area contributed by atoms with Crippen LogP contribution in [0.3, 0.4) is 0 Å². The van der Waals surface area contributed by atoms with Gasteiger partial charge in [0.05, 0.1) is 17.8 Å². The van der Waals surface area contributed by atoms with E-state index in [1.807, 2.05) is 24.3 Å². The van der Waals surface area contributed by atoms with Gasteiger partial charge < -0.3 is 4.90 Å². The molecule has 0 N–H and O–H groups in total. The number of carbonyl (C=O) groups is 1. The molecule has 7 nitrogen and oxygen atoms in total. The van der Waals surface area contributed by atoms with E-state index in [-0.39, 0.29) is 18.5 Å². The smallest absolute Gasteiger partial charge is 0.253 e. The predicted octanol–water partition coefficient (Wildman–Crippen LogP) is 1.92. The van der Waals surface area contributed by atoms with Crippen LogP contribution in [0.4, 0.5) is 0 Å². The highest BCUT2D eigenvalue weighted by Gasteiger charge is 2.39. The van der Waals surface area contributed by atoms with Crippen LogP contribution in [0.2, 0.25) is 0 Å². The van der Waals surface area contributed by atoms with E-state index in [4.69, 9.17) is 0 Å². The van der Waals surface area contributed by atoms with Gasteiger partial charge in [0.25, 0.3) is 5.91 Å². The van der Waals surface area contributed by atoms with Gasteiger partial charge in [-0.05, 0) is 42.0 Å². The molecule has 3 aromatic rings. The second-order valence-electron chi connectivity index (χ2n) is 6.94. The third-order valence-electron chi connectivity index (χ3n) is 4.92. The molecule has 0 atom stereocenters. The molecule has 0 saturated carbocycles. The van der Waals surface area contributed by atoms with E-state index in [0.29, 0.717) is 18.7 Å². The van der Waals surface area contributed by atoms with E-state index >= 15 is 0 Å². The first-order chi connectivity index (χ1) is 13.4. The summed E-state index contributed by atoms with van der Waals surface area (Å²) in [5.41, 5.74) is 2.28. The van der Waals surface area contributed by atoms with Gasteiger partial charge in [0.1, 0.15) is 0 Å². The number of nitrogens with zero attached hydrogens (tertiary/aromatic N) is 4. The Bertz CT molecular complexity index is 1110. The third kappa shape index (κ3) is 3.74. The molecule has 4 rings (SSSR count). The second-order valence-corrected chi connectivity index (χ2v) is 8.87. The molecule has 8 heteroatoms. The number of benzene rings is 1. The summed E-state index contributed by atoms with van der Waals surface area (Å²) < 4.78 is 26.0. The molecule has 0 aliphatic carbocycles. The van der Waals surface area contributed by atoms with E-state index in [0.717, 1.165) is 16.5 Å². The fourth-order valence-electron chi connectivity index (χ4n) is 3.38. The van der Waals surface area contributed by atoms with Crippen molar-refractivity contribution in [2.24, 2.45) is 0 Å². The number of rotatable bonds is 5. The minimum atomic E-state index is -3.40. The van der Waals surface area contributed by atoms with Crippen molar-refractivity contribution in [3.05, 3.63) is 72.2 Å². The molecule has 28 heavy (non-hydrogen) atoms. The van der Waals surface area contributed by atoms with Crippen molar-refractivity contribution in [1.29, 1.82) is 0 Å². The van der Waals surface area contributed by atoms with Gasteiger partial charge in [-0.15, -0.1) is 0 Å². The Hall–Kier alpha value is -2.84. The number of sulfonamides is 1. The summed E-state index contributed by atoms with van der Waals surface area (Å²) in [6.45, 7) is 1.03. The summed E-state index contributed by atoms with van der Waals surface area (Å²) in [5.74, 6) is -0.0978. The van der Waals surface area contributed by atoms with E-state index in [2.05, 4.69) is 9.97 Å². The van der Waals surface area contributed by atoms with Gasteiger partial charge in [0, 0.05) is 49.2 Å². The van der Waals surface area contributed by atoms with Crippen molar-refractivity contribution in [2.45, 2.75) is 12.6 Å². The van der Waals surface area contributed by atoms with Crippen molar-refractivity contribution in [2.75, 3.05) is 19.3 Å². The average Bonchev–Trinajstić information content (AvgIpc) is 2.65. The highest BCUT2D eigenvalue weighted by molar-refractivity contribution is 7.88. The monoisotopic (exact) mass is 396 g/mol. The summed E-state index contributed by atoms with van der Waals surface area (Å²) in [5, 5.41) is 0.904. The Morgan fingerprint density at radius 2 is 1.89 bits per heavy atom. The van der Waals surface area contributed by atoms with Crippen LogP contribution in [0.15, 0.2) is 61.1 Å². The zero-order chi connectivity index (χ0) is 19.7. The number of pyridine rings is 2. The van der Waals surface area contributed by atoms with E-state index in [9.17, 15) is 13.2 Å². The largest absolute Gasteiger partial charge is 0.335 e. The van der Waals surface area contributed by atoms with Crippen LogP contribution in [0.25, 0.3) is 10.9 Å². The molecule has 0 radical (unpaired) electrons. The standard InChI is InChI=1S/C20H20N4O3S/c1-28(26,27)24(12-15-6-9-21-10-7-15)18-13-23(14-18)20(25)17-4-5-19-16(11-17)3-2-8-22-19/h2-11,18H,12-14H2,1H3. The van der Waals surface area contributed by atoms with Crippen LogP contribution in [-0.4, -0.2) is 58.9 Å². The Balaban J connectivity index is 1.47. The van der Waals surface area contributed by atoms with Gasteiger partial charge in [-0.1, -0.05) is 6.07 Å². The fraction of sp³-hybridized carbons (Fsp3) is 0.250. The molecule has 1 fully saturated rings. The van der Waals surface area contributed by atoms with Gasteiger partial charge in [-0.2, -0.15) is 4.31 Å². The Kier molecular flexibility index (Phi) is 4.82. The third-order valence-corrected chi connectivity index (χ3v) is 6.20. The molecular weight excluding hydrogens is 376 g/mol. The van der Waals surface area contributed by atoms with Gasteiger partial charge in [-0.3, -0.25) is 14.8 Å². The number of hydrogen-bond donors (Lipinski definition) is 0. The average molecular weight is 396 g/mol. The van der Waals surface area contributed by atoms with E-state index in [1.54, 1.807) is 41.7 Å². The summed E-state index contributed by atoms with van der Waals surface area (Å²) >= 11 is 0. The highest BCUT2D eigenvalue weighted by atomic mass is 32.2. The Labute approximate surface area is 163 Å². The fourth-order valence-corrected chi connectivity index (χ4v) is 4.44. The van der Waals surface area contributed by atoms with Crippen molar-refractivity contribution in [3.63, 3.8) is 0 Å². The molecule has 2 aromatic heterocycles. The van der Waals surface area contributed by atoms with Crippen LogP contribution in [0.5, 0.6) is 0 Å². The Morgan fingerprint density at radius 1 is 1.14 bits per heavy atom. The lowest BCUT2D eigenvalue weighted by molar-refractivity contribution is 0.0444. The van der Waals surface area contributed by atoms with Crippen LogP contribution in [0, 0.1) is 0 Å². The lowest BCUT2D eigenvalue weighted by atomic mass is 10.0. The quantitative estimate of drug-likeness (QED) is 0.658. The molecule has 0 bridgehead atoms. The molecular formula is C20H20N4O3S. The lowest BCUT2D eigenvalue weighted by Gasteiger charge is -2.44. The number of amides is 1. The van der Waals surface area contributed by atoms with Gasteiger partial charge in [0.15, 0.2) is 0 Å². The molecule has 1 aliphatic rings. The molecule has 3 heterocycles. The summed E-state index contributed by atoms with van der Waals surface area (Å²) in [7, 11) is -3.40. The first kappa shape index (κ1) is 18.5. The lowest BCUT2D eigenvalue weighted by Crippen LogP contribution is -2.61. The maximum absolute atomic E-state index is 12.8. The van der Waals surface area contributed by atoms with Crippen molar-refractivity contribution in [3.8, 4) is 0 Å². The van der Waals surface area contributed by atoms with Crippen LogP contribution in [0.1, 0.15) is 15.9 Å². The zero-order valence-corrected chi connectivity index (χ0v) is 16.2. The predicted molar refractivity (Wildman–Crippen MR) is 106 cm³/mol. The Morgan fingerprint density at radius 3 is 2.61 bits per heavy atom. The number of likely N-dealkylation sites (tertiary alicyclic amines) is 1. The molecule has 1 saturated heterocycles. The minimum absolute atomic E-state index is 0.0978. The van der Waals surface area contributed by atoms with Gasteiger partial charge in [0.2, 0.25) is 10.0 Å². The number of fused-ring (bicyclic) bond motifs is 1. The number of carbonyl (C=O) groups excluding carboxylic acids is 1. The van der Waals surface area contributed by atoms with Crippen LogP contribution in [-0.2, 0) is 16.6 Å². The molecule has 1 aromatic carbocycles. The summed E-state index contributed by atoms with van der Waals surface area (Å²) in [6.07, 6.45) is 6.20. The number of hydrogen-bond acceptors (Lipinski definition) is 5. The maximum Gasteiger partial charge on any atom is 0.253 e. The molecule has 1 aliphatic heterocycles.